The highest BCUT2D eigenvalue weighted by molar-refractivity contribution is 5.29. The summed E-state index contributed by atoms with van der Waals surface area (Å²) in [6, 6.07) is 7.59. The lowest BCUT2D eigenvalue weighted by atomic mass is 10.1. The van der Waals surface area contributed by atoms with Gasteiger partial charge in [0.05, 0.1) is 7.11 Å². The monoisotopic (exact) mass is 290 g/mol. The number of hydrogen-bond donors (Lipinski definition) is 1. The molecule has 4 heteroatoms. The molecule has 0 spiro atoms. The van der Waals surface area contributed by atoms with Crippen molar-refractivity contribution in [2.75, 3.05) is 13.7 Å². The van der Waals surface area contributed by atoms with Gasteiger partial charge in [0, 0.05) is 25.0 Å². The van der Waals surface area contributed by atoms with Crippen molar-refractivity contribution in [1.29, 1.82) is 0 Å². The van der Waals surface area contributed by atoms with Gasteiger partial charge in [0.15, 0.2) is 11.6 Å². The molecular weight excluding hydrogens is 267 g/mol. The fraction of sp³-hybridized carbons (Fsp3) is 0.412. The second-order valence-electron chi connectivity index (χ2n) is 5.10. The maximum atomic E-state index is 13.7. The number of aromatic nitrogens is 1. The number of hydrogen-bond acceptors (Lipinski definition) is 2. The number of halogens is 1. The molecule has 114 valence electrons. The Bertz CT molecular complexity index is 580. The fourth-order valence-electron chi connectivity index (χ4n) is 2.53. The Balaban J connectivity index is 2.10. The van der Waals surface area contributed by atoms with E-state index in [0.29, 0.717) is 12.6 Å². The highest BCUT2D eigenvalue weighted by Gasteiger charge is 2.09. The molecule has 1 aromatic heterocycles. The van der Waals surface area contributed by atoms with Crippen LogP contribution in [0.2, 0.25) is 0 Å². The zero-order chi connectivity index (χ0) is 15.2. The predicted octanol–water partition coefficient (Wildman–Crippen LogP) is 3.74. The molecule has 0 radical (unpaired) electrons. The van der Waals surface area contributed by atoms with Crippen LogP contribution in [0.3, 0.4) is 0 Å². The molecule has 1 N–H and O–H groups in total. The Morgan fingerprint density at radius 3 is 2.71 bits per heavy atom. The highest BCUT2D eigenvalue weighted by Crippen LogP contribution is 2.20. The zero-order valence-electron chi connectivity index (χ0n) is 12.9. The molecule has 21 heavy (non-hydrogen) atoms. The summed E-state index contributed by atoms with van der Waals surface area (Å²) in [5.41, 5.74) is 2.19. The van der Waals surface area contributed by atoms with Crippen LogP contribution in [0.5, 0.6) is 5.75 Å². The Kier molecular flexibility index (Phi) is 5.39. The van der Waals surface area contributed by atoms with Crippen LogP contribution in [-0.4, -0.2) is 18.2 Å². The van der Waals surface area contributed by atoms with Gasteiger partial charge in [0.1, 0.15) is 0 Å². The average molecular weight is 290 g/mol. The van der Waals surface area contributed by atoms with E-state index >= 15 is 0 Å². The summed E-state index contributed by atoms with van der Waals surface area (Å²) in [4.78, 5) is 0. The number of methoxy groups -OCH3 is 1. The van der Waals surface area contributed by atoms with Gasteiger partial charge in [0.2, 0.25) is 0 Å². The Morgan fingerprint density at radius 1 is 1.29 bits per heavy atom. The van der Waals surface area contributed by atoms with Crippen LogP contribution in [-0.2, 0) is 6.54 Å². The molecule has 3 nitrogen and oxygen atoms in total. The van der Waals surface area contributed by atoms with Crippen molar-refractivity contribution in [3.05, 3.63) is 53.6 Å². The summed E-state index contributed by atoms with van der Waals surface area (Å²) in [5.74, 6) is -0.0356. The minimum Gasteiger partial charge on any atom is -0.494 e. The van der Waals surface area contributed by atoms with Gasteiger partial charge in [-0.25, -0.2) is 4.39 Å². The van der Waals surface area contributed by atoms with Gasteiger partial charge in [-0.05, 0) is 42.3 Å². The minimum absolute atomic E-state index is 0.283. The Morgan fingerprint density at radius 2 is 2.10 bits per heavy atom. The summed E-state index contributed by atoms with van der Waals surface area (Å²) in [7, 11) is 1.47. The van der Waals surface area contributed by atoms with Crippen molar-refractivity contribution in [2.24, 2.45) is 0 Å². The Labute approximate surface area is 125 Å². The average Bonchev–Trinajstić information content (AvgIpc) is 2.93. The molecule has 0 aliphatic carbocycles. The van der Waals surface area contributed by atoms with Crippen molar-refractivity contribution >= 4 is 0 Å². The van der Waals surface area contributed by atoms with Crippen LogP contribution in [0.25, 0.3) is 0 Å². The number of benzene rings is 1. The SMILES string of the molecule is CCNC(CC)c1ccn(Cc2ccc(OC)c(F)c2)c1. The van der Waals surface area contributed by atoms with E-state index in [1.54, 1.807) is 6.07 Å². The van der Waals surface area contributed by atoms with Crippen LogP contribution in [0.15, 0.2) is 36.7 Å². The smallest absolute Gasteiger partial charge is 0.165 e. The lowest BCUT2D eigenvalue weighted by Crippen LogP contribution is -2.19. The van der Waals surface area contributed by atoms with Crippen LogP contribution in [0.4, 0.5) is 4.39 Å². The van der Waals surface area contributed by atoms with Gasteiger partial charge in [0.25, 0.3) is 0 Å². The molecule has 0 saturated carbocycles. The van der Waals surface area contributed by atoms with E-state index in [0.717, 1.165) is 18.5 Å². The zero-order valence-corrected chi connectivity index (χ0v) is 12.9. The molecule has 1 atom stereocenters. The fourth-order valence-corrected chi connectivity index (χ4v) is 2.53. The normalized spacial score (nSPS) is 12.4. The van der Waals surface area contributed by atoms with Crippen molar-refractivity contribution in [3.63, 3.8) is 0 Å². The molecule has 1 heterocycles. The van der Waals surface area contributed by atoms with Crippen LogP contribution in [0, 0.1) is 5.82 Å². The van der Waals surface area contributed by atoms with E-state index in [-0.39, 0.29) is 11.6 Å². The first kappa shape index (κ1) is 15.6. The molecule has 2 rings (SSSR count). The van der Waals surface area contributed by atoms with Crippen molar-refractivity contribution in [3.8, 4) is 5.75 Å². The molecule has 0 saturated heterocycles. The summed E-state index contributed by atoms with van der Waals surface area (Å²) in [6.45, 7) is 5.89. The number of nitrogens with one attached hydrogen (secondary N) is 1. The largest absolute Gasteiger partial charge is 0.494 e. The van der Waals surface area contributed by atoms with Crippen molar-refractivity contribution < 1.29 is 9.13 Å². The molecule has 0 aliphatic rings. The standard InChI is InChI=1S/C17H23FN2O/c1-4-16(19-5-2)14-8-9-20(12-14)11-13-6-7-17(21-3)15(18)10-13/h6-10,12,16,19H,4-5,11H2,1-3H3. The summed E-state index contributed by atoms with van der Waals surface area (Å²) in [5, 5.41) is 3.46. The van der Waals surface area contributed by atoms with Gasteiger partial charge in [-0.15, -0.1) is 0 Å². The third-order valence-corrected chi connectivity index (χ3v) is 3.62. The van der Waals surface area contributed by atoms with Gasteiger partial charge in [-0.3, -0.25) is 0 Å². The first-order valence-corrected chi connectivity index (χ1v) is 7.39. The van der Waals surface area contributed by atoms with Crippen molar-refractivity contribution in [2.45, 2.75) is 32.9 Å². The second kappa shape index (κ2) is 7.27. The van der Waals surface area contributed by atoms with E-state index in [4.69, 9.17) is 4.74 Å². The number of nitrogens with zero attached hydrogens (tertiary/aromatic N) is 1. The topological polar surface area (TPSA) is 26.2 Å². The summed E-state index contributed by atoms with van der Waals surface area (Å²) >= 11 is 0. The first-order valence-electron chi connectivity index (χ1n) is 7.39. The molecule has 2 aromatic rings. The van der Waals surface area contributed by atoms with E-state index in [2.05, 4.69) is 36.0 Å². The minimum atomic E-state index is -0.318. The van der Waals surface area contributed by atoms with Crippen molar-refractivity contribution in [1.82, 2.24) is 9.88 Å². The molecule has 0 bridgehead atoms. The van der Waals surface area contributed by atoms with Crippen LogP contribution < -0.4 is 10.1 Å². The van der Waals surface area contributed by atoms with Crippen LogP contribution in [0.1, 0.15) is 37.4 Å². The third kappa shape index (κ3) is 3.85. The van der Waals surface area contributed by atoms with E-state index in [1.165, 1.54) is 18.7 Å². The van der Waals surface area contributed by atoms with Crippen LogP contribution >= 0.6 is 0 Å². The highest BCUT2D eigenvalue weighted by atomic mass is 19.1. The van der Waals surface area contributed by atoms with Gasteiger partial charge >= 0.3 is 0 Å². The Hall–Kier alpha value is -1.81. The predicted molar refractivity (Wildman–Crippen MR) is 83.2 cm³/mol. The van der Waals surface area contributed by atoms with Gasteiger partial charge < -0.3 is 14.6 Å². The molecule has 0 aliphatic heterocycles. The maximum Gasteiger partial charge on any atom is 0.165 e. The maximum absolute atomic E-state index is 13.7. The van der Waals surface area contributed by atoms with Gasteiger partial charge in [-0.1, -0.05) is 19.9 Å². The second-order valence-corrected chi connectivity index (χ2v) is 5.10. The quantitative estimate of drug-likeness (QED) is 0.840. The molecule has 1 unspecified atom stereocenters. The summed E-state index contributed by atoms with van der Waals surface area (Å²) in [6.07, 6.45) is 5.21. The van der Waals surface area contributed by atoms with E-state index in [1.807, 2.05) is 12.3 Å². The number of ether oxygens (including phenoxy) is 1. The first-order chi connectivity index (χ1) is 10.2. The van der Waals surface area contributed by atoms with E-state index < -0.39 is 0 Å². The lowest BCUT2D eigenvalue weighted by molar-refractivity contribution is 0.386. The molecule has 1 aromatic carbocycles. The lowest BCUT2D eigenvalue weighted by Gasteiger charge is -2.14. The third-order valence-electron chi connectivity index (χ3n) is 3.62. The molecular formula is C17H23FN2O. The molecule has 0 amide bonds. The molecule has 0 fully saturated rings. The number of rotatable bonds is 7. The van der Waals surface area contributed by atoms with E-state index in [9.17, 15) is 4.39 Å². The van der Waals surface area contributed by atoms with Gasteiger partial charge in [-0.2, -0.15) is 0 Å². The summed E-state index contributed by atoms with van der Waals surface area (Å²) < 4.78 is 20.7.